The Morgan fingerprint density at radius 1 is 0.913 bits per heavy atom. The predicted molar refractivity (Wildman–Crippen MR) is 99.6 cm³/mol. The van der Waals surface area contributed by atoms with Crippen molar-refractivity contribution < 1.29 is 13.3 Å². The Bertz CT molecular complexity index is 349. The highest BCUT2D eigenvalue weighted by Crippen LogP contribution is 2.39. The first-order valence-electron chi connectivity index (χ1n) is 9.52. The van der Waals surface area contributed by atoms with Gasteiger partial charge in [0.25, 0.3) is 0 Å². The lowest BCUT2D eigenvalue weighted by Crippen LogP contribution is -2.51. The summed E-state index contributed by atoms with van der Waals surface area (Å²) >= 11 is 0. The zero-order valence-electron chi connectivity index (χ0n) is 15.6. The van der Waals surface area contributed by atoms with Gasteiger partial charge in [0, 0.05) is 19.8 Å². The normalized spacial score (nSPS) is 15.9. The highest BCUT2D eigenvalue weighted by Gasteiger charge is 2.50. The topological polar surface area (TPSA) is 27.7 Å². The zero-order chi connectivity index (χ0) is 17.0. The van der Waals surface area contributed by atoms with E-state index in [4.69, 9.17) is 13.3 Å². The summed E-state index contributed by atoms with van der Waals surface area (Å²) in [4.78, 5) is 0. The fraction of sp³-hybridized carbons (Fsp3) is 0.789. The average Bonchev–Trinajstić information content (AvgIpc) is 3.05. The van der Waals surface area contributed by atoms with Crippen molar-refractivity contribution in [2.24, 2.45) is 0 Å². The Morgan fingerprint density at radius 2 is 1.52 bits per heavy atom. The first-order chi connectivity index (χ1) is 11.2. The predicted octanol–water partition coefficient (Wildman–Crippen LogP) is 5.65. The minimum Gasteiger partial charge on any atom is -0.373 e. The van der Waals surface area contributed by atoms with Crippen LogP contribution in [-0.2, 0) is 13.3 Å². The second kappa shape index (κ2) is 12.0. The van der Waals surface area contributed by atoms with Crippen LogP contribution >= 0.6 is 0 Å². The molecule has 0 spiro atoms. The van der Waals surface area contributed by atoms with Crippen LogP contribution in [0.2, 0.25) is 5.54 Å². The van der Waals surface area contributed by atoms with E-state index in [0.29, 0.717) is 19.8 Å². The molecule has 0 amide bonds. The molecule has 1 rings (SSSR count). The Kier molecular flexibility index (Phi) is 10.8. The lowest BCUT2D eigenvalue weighted by Gasteiger charge is -2.36. The average molecular weight is 341 g/mol. The van der Waals surface area contributed by atoms with Gasteiger partial charge < -0.3 is 13.3 Å². The molecule has 3 nitrogen and oxygen atoms in total. The van der Waals surface area contributed by atoms with Crippen molar-refractivity contribution in [3.63, 3.8) is 0 Å². The Morgan fingerprint density at radius 3 is 2.00 bits per heavy atom. The van der Waals surface area contributed by atoms with Crippen molar-refractivity contribution in [1.82, 2.24) is 0 Å². The van der Waals surface area contributed by atoms with Crippen LogP contribution in [0.1, 0.15) is 72.6 Å². The summed E-state index contributed by atoms with van der Waals surface area (Å²) in [7, 11) is -2.68. The first-order valence-corrected chi connectivity index (χ1v) is 11.3. The number of hydrogen-bond donors (Lipinski definition) is 0. The van der Waals surface area contributed by atoms with Gasteiger partial charge in [0.1, 0.15) is 0 Å². The van der Waals surface area contributed by atoms with Crippen LogP contribution in [0.15, 0.2) is 23.8 Å². The van der Waals surface area contributed by atoms with Crippen molar-refractivity contribution in [2.45, 2.75) is 78.2 Å². The van der Waals surface area contributed by atoms with E-state index < -0.39 is 8.80 Å². The maximum absolute atomic E-state index is 6.18. The molecule has 0 saturated carbocycles. The molecule has 0 N–H and O–H groups in total. The van der Waals surface area contributed by atoms with Gasteiger partial charge in [-0.15, -0.1) is 0 Å². The molecule has 0 aromatic carbocycles. The molecule has 0 aromatic heterocycles. The largest absolute Gasteiger partial charge is 0.508 e. The van der Waals surface area contributed by atoms with Crippen LogP contribution in [-0.4, -0.2) is 28.6 Å². The maximum Gasteiger partial charge on any atom is 0.508 e. The van der Waals surface area contributed by atoms with E-state index in [2.05, 4.69) is 25.2 Å². The molecule has 1 unspecified atom stereocenters. The zero-order valence-corrected chi connectivity index (χ0v) is 16.6. The molecule has 1 aliphatic rings. The van der Waals surface area contributed by atoms with Crippen molar-refractivity contribution >= 4 is 8.80 Å². The number of rotatable bonds is 14. The highest BCUT2D eigenvalue weighted by atomic mass is 28.4. The molecular formula is C19H36O3Si. The van der Waals surface area contributed by atoms with Crippen LogP contribution < -0.4 is 0 Å². The van der Waals surface area contributed by atoms with Crippen LogP contribution in [0.25, 0.3) is 0 Å². The second-order valence-electron chi connectivity index (χ2n) is 6.00. The van der Waals surface area contributed by atoms with Gasteiger partial charge in [-0.1, -0.05) is 57.3 Å². The molecule has 0 aliphatic heterocycles. The van der Waals surface area contributed by atoms with E-state index in [9.17, 15) is 0 Å². The van der Waals surface area contributed by atoms with Crippen molar-refractivity contribution in [3.05, 3.63) is 23.8 Å². The molecule has 23 heavy (non-hydrogen) atoms. The maximum atomic E-state index is 6.18. The molecule has 0 fully saturated rings. The fourth-order valence-corrected chi connectivity index (χ4v) is 6.51. The van der Waals surface area contributed by atoms with Gasteiger partial charge >= 0.3 is 8.80 Å². The summed E-state index contributed by atoms with van der Waals surface area (Å²) in [6, 6.07) is 0. The van der Waals surface area contributed by atoms with Crippen molar-refractivity contribution in [2.75, 3.05) is 19.8 Å². The van der Waals surface area contributed by atoms with Crippen LogP contribution in [0, 0.1) is 0 Å². The van der Waals surface area contributed by atoms with E-state index in [-0.39, 0.29) is 5.54 Å². The summed E-state index contributed by atoms with van der Waals surface area (Å²) in [5, 5.41) is 0. The minimum absolute atomic E-state index is 0.280. The molecule has 0 bridgehead atoms. The summed E-state index contributed by atoms with van der Waals surface area (Å²) in [5.74, 6) is 0. The van der Waals surface area contributed by atoms with Gasteiger partial charge in [0.15, 0.2) is 0 Å². The Balaban J connectivity index is 2.85. The molecule has 1 aliphatic carbocycles. The molecule has 0 aromatic rings. The summed E-state index contributed by atoms with van der Waals surface area (Å²) in [6.45, 7) is 10.3. The van der Waals surface area contributed by atoms with Crippen LogP contribution in [0.3, 0.4) is 0 Å². The molecule has 0 radical (unpaired) electrons. The number of unbranched alkanes of at least 4 members (excludes halogenated alkanes) is 4. The summed E-state index contributed by atoms with van der Waals surface area (Å²) in [5.41, 5.74) is 1.64. The third kappa shape index (κ3) is 6.53. The van der Waals surface area contributed by atoms with Gasteiger partial charge in [-0.3, -0.25) is 0 Å². The lowest BCUT2D eigenvalue weighted by molar-refractivity contribution is 0.0633. The summed E-state index contributed by atoms with van der Waals surface area (Å²) < 4.78 is 18.5. The third-order valence-corrected chi connectivity index (χ3v) is 7.81. The smallest absolute Gasteiger partial charge is 0.373 e. The highest BCUT2D eigenvalue weighted by molar-refractivity contribution is 6.63. The second-order valence-corrected chi connectivity index (χ2v) is 8.77. The lowest BCUT2D eigenvalue weighted by atomic mass is 10.1. The van der Waals surface area contributed by atoms with E-state index in [1.807, 2.05) is 20.8 Å². The molecule has 0 saturated heterocycles. The fourth-order valence-electron chi connectivity index (χ4n) is 3.26. The van der Waals surface area contributed by atoms with Gasteiger partial charge in [-0.25, -0.2) is 0 Å². The van der Waals surface area contributed by atoms with Crippen molar-refractivity contribution in [3.8, 4) is 0 Å². The number of allylic oxidation sites excluding steroid dienone is 4. The molecule has 0 heterocycles. The quantitative estimate of drug-likeness (QED) is 0.302. The molecule has 134 valence electrons. The summed E-state index contributed by atoms with van der Waals surface area (Å²) in [6.07, 6.45) is 15.4. The molecule has 4 heteroatoms. The van der Waals surface area contributed by atoms with E-state index >= 15 is 0 Å². The van der Waals surface area contributed by atoms with Gasteiger partial charge in [0.2, 0.25) is 0 Å². The molecule has 1 atom stereocenters. The van der Waals surface area contributed by atoms with Crippen LogP contribution in [0.4, 0.5) is 0 Å². The minimum atomic E-state index is -2.68. The van der Waals surface area contributed by atoms with Crippen LogP contribution in [0.5, 0.6) is 0 Å². The standard InChI is InChI=1S/C19H36O3Si/c1-5-9-10-11-12-17-19(18-15-13-14-16-18)23(20-6-2,21-7-3)22-8-4/h13,15-16,19H,5-12,14,17H2,1-4H3. The van der Waals surface area contributed by atoms with E-state index in [1.165, 1.54) is 37.7 Å². The monoisotopic (exact) mass is 340 g/mol. The van der Waals surface area contributed by atoms with Gasteiger partial charge in [-0.2, -0.15) is 0 Å². The third-order valence-electron chi connectivity index (χ3n) is 4.26. The molecular weight excluding hydrogens is 304 g/mol. The van der Waals surface area contributed by atoms with Gasteiger partial charge in [0.05, 0.1) is 5.54 Å². The SMILES string of the molecule is CCCCCCCC(C1=CCC=C1)[Si](OCC)(OCC)OCC. The van der Waals surface area contributed by atoms with E-state index in [0.717, 1.165) is 12.8 Å². The van der Waals surface area contributed by atoms with Crippen molar-refractivity contribution in [1.29, 1.82) is 0 Å². The van der Waals surface area contributed by atoms with E-state index in [1.54, 1.807) is 0 Å². The first kappa shape index (κ1) is 20.6. The Labute approximate surface area is 144 Å². The number of hydrogen-bond acceptors (Lipinski definition) is 3. The Hall–Kier alpha value is -0.423. The van der Waals surface area contributed by atoms with Gasteiger partial charge in [-0.05, 0) is 39.2 Å².